The number of hydrogen-bond acceptors (Lipinski definition) is 3. The van der Waals surface area contributed by atoms with Crippen LogP contribution in [0.4, 0.5) is 5.69 Å². The Kier molecular flexibility index (Phi) is 3.25. The van der Waals surface area contributed by atoms with Gasteiger partial charge in [0.05, 0.1) is 5.57 Å². The van der Waals surface area contributed by atoms with Crippen molar-refractivity contribution in [2.75, 3.05) is 5.73 Å². The molecule has 0 saturated heterocycles. The number of benzene rings is 1. The van der Waals surface area contributed by atoms with Crippen molar-refractivity contribution < 1.29 is 9.90 Å². The van der Waals surface area contributed by atoms with Crippen LogP contribution in [0.5, 0.6) is 0 Å². The minimum atomic E-state index is -0.942. The molecule has 2 rings (SSSR count). The summed E-state index contributed by atoms with van der Waals surface area (Å²) in [6, 6.07) is 10.6. The van der Waals surface area contributed by atoms with Gasteiger partial charge in [-0.15, -0.1) is 11.3 Å². The Labute approximate surface area is 103 Å². The van der Waals surface area contributed by atoms with Gasteiger partial charge >= 0.3 is 5.97 Å². The van der Waals surface area contributed by atoms with Gasteiger partial charge < -0.3 is 10.8 Å². The van der Waals surface area contributed by atoms with E-state index < -0.39 is 5.97 Å². The minimum absolute atomic E-state index is 0.271. The Morgan fingerprint density at radius 3 is 2.47 bits per heavy atom. The Morgan fingerprint density at radius 1 is 1.24 bits per heavy atom. The highest BCUT2D eigenvalue weighted by Crippen LogP contribution is 2.22. The maximum absolute atomic E-state index is 11.2. The molecule has 0 bridgehead atoms. The van der Waals surface area contributed by atoms with E-state index in [1.807, 2.05) is 17.5 Å². The van der Waals surface area contributed by atoms with Gasteiger partial charge in [0.1, 0.15) is 0 Å². The van der Waals surface area contributed by atoms with Crippen LogP contribution in [0.1, 0.15) is 10.4 Å². The highest BCUT2D eigenvalue weighted by Gasteiger charge is 2.10. The summed E-state index contributed by atoms with van der Waals surface area (Å²) >= 11 is 1.50. The minimum Gasteiger partial charge on any atom is -0.478 e. The summed E-state index contributed by atoms with van der Waals surface area (Å²) < 4.78 is 0. The standard InChI is InChI=1S/C13H11NO2S/c14-10-5-3-9(4-6-10)12(13(15)16)8-11-2-1-7-17-11/h1-8H,14H2,(H,15,16)/b12-8+. The summed E-state index contributed by atoms with van der Waals surface area (Å²) in [4.78, 5) is 12.1. The number of carbonyl (C=O) groups is 1. The van der Waals surface area contributed by atoms with Gasteiger partial charge in [-0.25, -0.2) is 4.79 Å². The van der Waals surface area contributed by atoms with Crippen molar-refractivity contribution in [3.63, 3.8) is 0 Å². The van der Waals surface area contributed by atoms with Gasteiger partial charge in [-0.1, -0.05) is 18.2 Å². The second kappa shape index (κ2) is 4.84. The third-order valence-corrected chi connectivity index (χ3v) is 3.10. The first-order chi connectivity index (χ1) is 8.16. The number of nitrogens with two attached hydrogens (primary N) is 1. The molecule has 1 aromatic carbocycles. The number of aliphatic carboxylic acids is 1. The Morgan fingerprint density at radius 2 is 1.94 bits per heavy atom. The normalized spacial score (nSPS) is 11.4. The lowest BCUT2D eigenvalue weighted by Gasteiger charge is -2.02. The summed E-state index contributed by atoms with van der Waals surface area (Å²) in [6.45, 7) is 0. The lowest BCUT2D eigenvalue weighted by Crippen LogP contribution is -1.99. The fraction of sp³-hybridized carbons (Fsp3) is 0. The van der Waals surface area contributed by atoms with E-state index in [0.717, 1.165) is 4.88 Å². The van der Waals surface area contributed by atoms with Gasteiger partial charge in [-0.05, 0) is 35.2 Å². The highest BCUT2D eigenvalue weighted by molar-refractivity contribution is 7.10. The van der Waals surface area contributed by atoms with E-state index in [1.165, 1.54) is 11.3 Å². The monoisotopic (exact) mass is 245 g/mol. The predicted molar refractivity (Wildman–Crippen MR) is 70.7 cm³/mol. The molecule has 86 valence electrons. The maximum Gasteiger partial charge on any atom is 0.336 e. The first-order valence-electron chi connectivity index (χ1n) is 5.01. The molecule has 0 atom stereocenters. The van der Waals surface area contributed by atoms with Gasteiger partial charge in [0.25, 0.3) is 0 Å². The largest absolute Gasteiger partial charge is 0.478 e. The molecular formula is C13H11NO2S. The van der Waals surface area contributed by atoms with Crippen LogP contribution in [0.2, 0.25) is 0 Å². The maximum atomic E-state index is 11.2. The number of rotatable bonds is 3. The number of thiophene rings is 1. The number of anilines is 1. The molecule has 0 fully saturated rings. The van der Waals surface area contributed by atoms with E-state index in [2.05, 4.69) is 0 Å². The van der Waals surface area contributed by atoms with Crippen LogP contribution < -0.4 is 5.73 Å². The van der Waals surface area contributed by atoms with E-state index in [0.29, 0.717) is 11.3 Å². The molecule has 3 N–H and O–H groups in total. The number of carboxylic acid groups (broad SMARTS) is 1. The SMILES string of the molecule is Nc1ccc(/C(=C\c2cccs2)C(=O)O)cc1. The number of nitrogen functional groups attached to an aromatic ring is 1. The molecule has 0 radical (unpaired) electrons. The molecule has 3 nitrogen and oxygen atoms in total. The molecule has 0 aliphatic rings. The third-order valence-electron chi connectivity index (χ3n) is 2.28. The zero-order valence-corrected chi connectivity index (χ0v) is 9.78. The van der Waals surface area contributed by atoms with Crippen LogP contribution in [-0.4, -0.2) is 11.1 Å². The third kappa shape index (κ3) is 2.73. The Hall–Kier alpha value is -2.07. The van der Waals surface area contributed by atoms with Crippen molar-refractivity contribution in [1.29, 1.82) is 0 Å². The van der Waals surface area contributed by atoms with Gasteiger partial charge in [0.2, 0.25) is 0 Å². The van der Waals surface area contributed by atoms with Crippen LogP contribution >= 0.6 is 11.3 Å². The van der Waals surface area contributed by atoms with E-state index >= 15 is 0 Å². The summed E-state index contributed by atoms with van der Waals surface area (Å²) in [5.41, 5.74) is 7.12. The quantitative estimate of drug-likeness (QED) is 0.645. The molecule has 0 spiro atoms. The van der Waals surface area contributed by atoms with Crippen LogP contribution in [0, 0.1) is 0 Å². The smallest absolute Gasteiger partial charge is 0.336 e. The molecule has 0 unspecified atom stereocenters. The molecular weight excluding hydrogens is 234 g/mol. The van der Waals surface area contributed by atoms with Crippen molar-refractivity contribution in [3.8, 4) is 0 Å². The topological polar surface area (TPSA) is 63.3 Å². The van der Waals surface area contributed by atoms with Crippen molar-refractivity contribution >= 4 is 34.6 Å². The number of hydrogen-bond donors (Lipinski definition) is 2. The Balaban J connectivity index is 2.43. The summed E-state index contributed by atoms with van der Waals surface area (Å²) in [6.07, 6.45) is 1.67. The fourth-order valence-corrected chi connectivity index (χ4v) is 2.10. The number of carboxylic acids is 1. The fourth-order valence-electron chi connectivity index (χ4n) is 1.45. The van der Waals surface area contributed by atoms with Crippen LogP contribution in [-0.2, 0) is 4.79 Å². The van der Waals surface area contributed by atoms with Crippen LogP contribution in [0.3, 0.4) is 0 Å². The van der Waals surface area contributed by atoms with E-state index in [4.69, 9.17) is 5.73 Å². The van der Waals surface area contributed by atoms with Crippen molar-refractivity contribution in [2.24, 2.45) is 0 Å². The second-order valence-corrected chi connectivity index (χ2v) is 4.48. The average molecular weight is 245 g/mol. The van der Waals surface area contributed by atoms with Gasteiger partial charge in [0, 0.05) is 10.6 Å². The van der Waals surface area contributed by atoms with E-state index in [-0.39, 0.29) is 5.57 Å². The molecule has 2 aromatic rings. The molecule has 1 aromatic heterocycles. The first kappa shape index (κ1) is 11.4. The summed E-state index contributed by atoms with van der Waals surface area (Å²) in [5, 5.41) is 11.1. The van der Waals surface area contributed by atoms with Crippen molar-refractivity contribution in [3.05, 3.63) is 52.2 Å². The Bertz CT molecular complexity index is 541. The van der Waals surface area contributed by atoms with E-state index in [9.17, 15) is 9.90 Å². The van der Waals surface area contributed by atoms with Crippen molar-refractivity contribution in [2.45, 2.75) is 0 Å². The molecule has 4 heteroatoms. The lowest BCUT2D eigenvalue weighted by atomic mass is 10.1. The summed E-state index contributed by atoms with van der Waals surface area (Å²) in [7, 11) is 0. The molecule has 0 saturated carbocycles. The zero-order valence-electron chi connectivity index (χ0n) is 8.96. The van der Waals surface area contributed by atoms with Gasteiger partial charge in [-0.2, -0.15) is 0 Å². The zero-order chi connectivity index (χ0) is 12.3. The second-order valence-electron chi connectivity index (χ2n) is 3.50. The van der Waals surface area contributed by atoms with Crippen LogP contribution in [0.15, 0.2) is 41.8 Å². The van der Waals surface area contributed by atoms with Crippen LogP contribution in [0.25, 0.3) is 11.6 Å². The average Bonchev–Trinajstić information content (AvgIpc) is 2.80. The molecule has 0 amide bonds. The predicted octanol–water partition coefficient (Wildman–Crippen LogP) is 2.96. The lowest BCUT2D eigenvalue weighted by molar-refractivity contribution is -0.130. The molecule has 17 heavy (non-hydrogen) atoms. The first-order valence-corrected chi connectivity index (χ1v) is 5.89. The molecule has 0 aliphatic heterocycles. The van der Waals surface area contributed by atoms with Gasteiger partial charge in [0.15, 0.2) is 0 Å². The molecule has 1 heterocycles. The highest BCUT2D eigenvalue weighted by atomic mass is 32.1. The van der Waals surface area contributed by atoms with E-state index in [1.54, 1.807) is 30.3 Å². The van der Waals surface area contributed by atoms with Gasteiger partial charge in [-0.3, -0.25) is 0 Å². The molecule has 0 aliphatic carbocycles. The van der Waals surface area contributed by atoms with Crippen molar-refractivity contribution in [1.82, 2.24) is 0 Å². The summed E-state index contributed by atoms with van der Waals surface area (Å²) in [5.74, 6) is -0.942.